The maximum atomic E-state index is 5.87. The lowest BCUT2D eigenvalue weighted by molar-refractivity contribution is 0.223. The van der Waals surface area contributed by atoms with Crippen molar-refractivity contribution in [3.63, 3.8) is 0 Å². The molecule has 6 heteroatoms. The van der Waals surface area contributed by atoms with E-state index >= 15 is 0 Å². The minimum absolute atomic E-state index is 0.555. The third-order valence-electron chi connectivity index (χ3n) is 4.14. The Hall–Kier alpha value is -2.18. The summed E-state index contributed by atoms with van der Waals surface area (Å²) in [5.41, 5.74) is 0.908. The third-order valence-corrected chi connectivity index (χ3v) is 5.01. The molecule has 0 aliphatic heterocycles. The van der Waals surface area contributed by atoms with Gasteiger partial charge in [-0.2, -0.15) is 0 Å². The van der Waals surface area contributed by atoms with Crippen LogP contribution in [0.1, 0.15) is 23.6 Å². The summed E-state index contributed by atoms with van der Waals surface area (Å²) < 4.78 is 11.0. The highest BCUT2D eigenvalue weighted by molar-refractivity contribution is 7.09. The smallest absolute Gasteiger partial charge is 0.247 e. The Kier molecular flexibility index (Phi) is 4.32. The monoisotopic (exact) mass is 341 g/mol. The quantitative estimate of drug-likeness (QED) is 0.651. The van der Waals surface area contributed by atoms with Crippen molar-refractivity contribution in [2.75, 3.05) is 7.11 Å². The molecule has 3 aromatic rings. The van der Waals surface area contributed by atoms with Crippen LogP contribution in [0.3, 0.4) is 0 Å². The number of ether oxygens (including phenoxy) is 1. The van der Waals surface area contributed by atoms with Crippen molar-refractivity contribution in [3.05, 3.63) is 52.5 Å². The van der Waals surface area contributed by atoms with Gasteiger partial charge in [-0.25, -0.2) is 0 Å². The van der Waals surface area contributed by atoms with Gasteiger partial charge in [0.2, 0.25) is 11.8 Å². The number of aromatic nitrogens is 2. The van der Waals surface area contributed by atoms with Gasteiger partial charge < -0.3 is 9.15 Å². The van der Waals surface area contributed by atoms with E-state index in [4.69, 9.17) is 9.15 Å². The van der Waals surface area contributed by atoms with Crippen LogP contribution in [0, 0.1) is 0 Å². The Morgan fingerprint density at radius 2 is 2.00 bits per heavy atom. The number of hydrogen-bond donors (Lipinski definition) is 0. The van der Waals surface area contributed by atoms with E-state index in [0.717, 1.165) is 17.9 Å². The van der Waals surface area contributed by atoms with Crippen LogP contribution in [0.2, 0.25) is 0 Å². The second-order valence-electron chi connectivity index (χ2n) is 5.94. The van der Waals surface area contributed by atoms with E-state index in [-0.39, 0.29) is 0 Å². The second-order valence-corrected chi connectivity index (χ2v) is 6.98. The van der Waals surface area contributed by atoms with E-state index in [1.54, 1.807) is 18.4 Å². The minimum Gasteiger partial charge on any atom is -0.497 e. The maximum absolute atomic E-state index is 5.87. The van der Waals surface area contributed by atoms with Gasteiger partial charge in [-0.05, 0) is 48.6 Å². The van der Waals surface area contributed by atoms with Gasteiger partial charge in [0.1, 0.15) is 5.75 Å². The Bertz CT molecular complexity index is 779. The van der Waals surface area contributed by atoms with Crippen molar-refractivity contribution >= 4 is 11.3 Å². The van der Waals surface area contributed by atoms with Gasteiger partial charge in [0.05, 0.1) is 13.7 Å². The van der Waals surface area contributed by atoms with Gasteiger partial charge in [-0.3, -0.25) is 4.90 Å². The molecule has 0 bridgehead atoms. The Morgan fingerprint density at radius 1 is 1.17 bits per heavy atom. The fourth-order valence-electron chi connectivity index (χ4n) is 2.70. The average molecular weight is 341 g/mol. The van der Waals surface area contributed by atoms with Crippen molar-refractivity contribution in [1.82, 2.24) is 15.1 Å². The maximum Gasteiger partial charge on any atom is 0.247 e. The molecule has 24 heavy (non-hydrogen) atoms. The van der Waals surface area contributed by atoms with Crippen LogP contribution >= 0.6 is 11.3 Å². The zero-order valence-corrected chi connectivity index (χ0v) is 14.3. The highest BCUT2D eigenvalue weighted by Gasteiger charge is 2.30. The van der Waals surface area contributed by atoms with E-state index in [9.17, 15) is 0 Å². The second kappa shape index (κ2) is 6.75. The fourth-order valence-corrected chi connectivity index (χ4v) is 3.43. The van der Waals surface area contributed by atoms with Crippen LogP contribution in [0.4, 0.5) is 0 Å². The Labute approximate surface area is 144 Å². The number of methoxy groups -OCH3 is 1. The normalized spacial score (nSPS) is 14.2. The lowest BCUT2D eigenvalue weighted by Crippen LogP contribution is -2.24. The van der Waals surface area contributed by atoms with Crippen molar-refractivity contribution in [1.29, 1.82) is 0 Å². The fraction of sp³-hybridized carbons (Fsp3) is 0.333. The Balaban J connectivity index is 1.46. The molecule has 2 aromatic heterocycles. The number of thiophene rings is 1. The first-order valence-corrected chi connectivity index (χ1v) is 8.93. The SMILES string of the molecule is COc1ccc(-c2nnc(CN(Cc3cccs3)C3CC3)o2)cc1. The first kappa shape index (κ1) is 15.4. The summed E-state index contributed by atoms with van der Waals surface area (Å²) in [4.78, 5) is 3.80. The summed E-state index contributed by atoms with van der Waals surface area (Å²) in [6.07, 6.45) is 2.51. The van der Waals surface area contributed by atoms with Gasteiger partial charge in [0, 0.05) is 23.0 Å². The molecule has 0 radical (unpaired) electrons. The highest BCUT2D eigenvalue weighted by Crippen LogP contribution is 2.31. The van der Waals surface area contributed by atoms with E-state index in [0.29, 0.717) is 24.4 Å². The number of rotatable bonds is 7. The third kappa shape index (κ3) is 3.49. The van der Waals surface area contributed by atoms with Crippen molar-refractivity contribution in [2.24, 2.45) is 0 Å². The number of nitrogens with zero attached hydrogens (tertiary/aromatic N) is 3. The predicted octanol–water partition coefficient (Wildman–Crippen LogP) is 3.97. The molecule has 0 N–H and O–H groups in total. The number of hydrogen-bond acceptors (Lipinski definition) is 6. The first-order chi connectivity index (χ1) is 11.8. The standard InChI is InChI=1S/C18H19N3O2S/c1-22-15-8-4-13(5-9-15)18-20-19-17(23-18)12-21(14-6-7-14)11-16-3-2-10-24-16/h2-5,8-10,14H,6-7,11-12H2,1H3. The molecule has 1 saturated carbocycles. The summed E-state index contributed by atoms with van der Waals surface area (Å²) >= 11 is 1.79. The topological polar surface area (TPSA) is 51.4 Å². The van der Waals surface area contributed by atoms with Crippen LogP contribution < -0.4 is 4.74 Å². The first-order valence-electron chi connectivity index (χ1n) is 8.05. The summed E-state index contributed by atoms with van der Waals surface area (Å²) in [6, 6.07) is 12.6. The van der Waals surface area contributed by atoms with Gasteiger partial charge in [0.25, 0.3) is 0 Å². The van der Waals surface area contributed by atoms with Gasteiger partial charge in [-0.1, -0.05) is 6.07 Å². The zero-order chi connectivity index (χ0) is 16.4. The summed E-state index contributed by atoms with van der Waals surface area (Å²) in [7, 11) is 1.65. The molecule has 0 spiro atoms. The molecule has 1 aliphatic carbocycles. The van der Waals surface area contributed by atoms with E-state index in [2.05, 4.69) is 32.6 Å². The molecule has 1 fully saturated rings. The van der Waals surface area contributed by atoms with Gasteiger partial charge in [0.15, 0.2) is 0 Å². The molecule has 0 saturated heterocycles. The van der Waals surface area contributed by atoms with Crippen molar-refractivity contribution < 1.29 is 9.15 Å². The van der Waals surface area contributed by atoms with E-state index < -0.39 is 0 Å². The highest BCUT2D eigenvalue weighted by atomic mass is 32.1. The van der Waals surface area contributed by atoms with Crippen LogP contribution in [0.5, 0.6) is 5.75 Å². The van der Waals surface area contributed by atoms with E-state index in [1.165, 1.54) is 17.7 Å². The van der Waals surface area contributed by atoms with Crippen LogP contribution in [-0.2, 0) is 13.1 Å². The minimum atomic E-state index is 0.555. The predicted molar refractivity (Wildman–Crippen MR) is 92.9 cm³/mol. The largest absolute Gasteiger partial charge is 0.497 e. The van der Waals surface area contributed by atoms with Crippen molar-refractivity contribution in [2.45, 2.75) is 32.0 Å². The molecule has 0 atom stereocenters. The number of benzene rings is 1. The average Bonchev–Trinajstić information content (AvgIpc) is 3.14. The van der Waals surface area contributed by atoms with Crippen LogP contribution in [-0.4, -0.2) is 28.2 Å². The molecular weight excluding hydrogens is 322 g/mol. The molecule has 1 aromatic carbocycles. The molecule has 1 aliphatic rings. The molecular formula is C18H19N3O2S. The molecule has 2 heterocycles. The van der Waals surface area contributed by atoms with Gasteiger partial charge in [-0.15, -0.1) is 21.5 Å². The van der Waals surface area contributed by atoms with Crippen molar-refractivity contribution in [3.8, 4) is 17.2 Å². The zero-order valence-electron chi connectivity index (χ0n) is 13.5. The Morgan fingerprint density at radius 3 is 2.67 bits per heavy atom. The molecule has 5 nitrogen and oxygen atoms in total. The molecule has 0 amide bonds. The summed E-state index contributed by atoms with van der Waals surface area (Å²) in [5, 5.41) is 10.5. The lowest BCUT2D eigenvalue weighted by Gasteiger charge is -2.18. The lowest BCUT2D eigenvalue weighted by atomic mass is 10.2. The molecule has 0 unspecified atom stereocenters. The van der Waals surface area contributed by atoms with E-state index in [1.807, 2.05) is 24.3 Å². The van der Waals surface area contributed by atoms with Gasteiger partial charge >= 0.3 is 0 Å². The summed E-state index contributed by atoms with van der Waals surface area (Å²) in [6.45, 7) is 1.65. The molecule has 124 valence electrons. The molecule has 4 rings (SSSR count). The van der Waals surface area contributed by atoms with Crippen LogP contribution in [0.25, 0.3) is 11.5 Å². The summed E-state index contributed by atoms with van der Waals surface area (Å²) in [5.74, 6) is 2.04. The van der Waals surface area contributed by atoms with Crippen LogP contribution in [0.15, 0.2) is 46.2 Å².